The molecule has 4 heteroatoms. The Hall–Kier alpha value is -0.190. The lowest BCUT2D eigenvalue weighted by atomic mass is 10.1. The van der Waals surface area contributed by atoms with Crippen LogP contribution in [0.15, 0.2) is 22.7 Å². The standard InChI is InChI=1S/C13H19BrN2S/c1-9-6-16(7-10(2)17-9)8-11-12(14)4-3-5-13(11)15/h3-5,9-10H,6-8,15H2,1-2H3. The lowest BCUT2D eigenvalue weighted by Crippen LogP contribution is -2.39. The van der Waals surface area contributed by atoms with E-state index >= 15 is 0 Å². The molecule has 1 fully saturated rings. The zero-order valence-electron chi connectivity index (χ0n) is 10.3. The van der Waals surface area contributed by atoms with E-state index in [2.05, 4.69) is 52.5 Å². The third-order valence-corrected chi connectivity index (χ3v) is 5.00. The van der Waals surface area contributed by atoms with Gasteiger partial charge in [0.05, 0.1) is 0 Å². The Bertz CT molecular complexity index is 367. The smallest absolute Gasteiger partial charge is 0.0371 e. The number of benzene rings is 1. The van der Waals surface area contributed by atoms with Crippen LogP contribution in [-0.2, 0) is 6.54 Å². The Morgan fingerprint density at radius 3 is 2.59 bits per heavy atom. The summed E-state index contributed by atoms with van der Waals surface area (Å²) in [6.45, 7) is 7.85. The molecule has 0 spiro atoms. The maximum Gasteiger partial charge on any atom is 0.0371 e. The van der Waals surface area contributed by atoms with Gasteiger partial charge in [-0.25, -0.2) is 0 Å². The summed E-state index contributed by atoms with van der Waals surface area (Å²) in [5.74, 6) is 0. The quantitative estimate of drug-likeness (QED) is 0.849. The van der Waals surface area contributed by atoms with Gasteiger partial charge in [-0.15, -0.1) is 0 Å². The first-order chi connectivity index (χ1) is 8.06. The van der Waals surface area contributed by atoms with Crippen molar-refractivity contribution in [3.05, 3.63) is 28.2 Å². The van der Waals surface area contributed by atoms with Crippen molar-refractivity contribution in [2.45, 2.75) is 30.9 Å². The average molecular weight is 315 g/mol. The van der Waals surface area contributed by atoms with Crippen LogP contribution in [0.4, 0.5) is 5.69 Å². The van der Waals surface area contributed by atoms with Crippen molar-refractivity contribution in [1.29, 1.82) is 0 Å². The fraction of sp³-hybridized carbons (Fsp3) is 0.538. The third-order valence-electron chi connectivity index (χ3n) is 3.03. The van der Waals surface area contributed by atoms with Gasteiger partial charge < -0.3 is 5.73 Å². The van der Waals surface area contributed by atoms with Crippen LogP contribution in [0.2, 0.25) is 0 Å². The van der Waals surface area contributed by atoms with Gasteiger partial charge in [-0.3, -0.25) is 4.90 Å². The van der Waals surface area contributed by atoms with Gasteiger partial charge in [-0.05, 0) is 12.1 Å². The predicted octanol–water partition coefficient (Wildman–Crippen LogP) is 3.36. The molecule has 2 rings (SSSR count). The molecule has 0 bridgehead atoms. The Morgan fingerprint density at radius 1 is 1.35 bits per heavy atom. The zero-order valence-corrected chi connectivity index (χ0v) is 12.7. The van der Waals surface area contributed by atoms with E-state index in [0.717, 1.165) is 29.8 Å². The first-order valence-electron chi connectivity index (χ1n) is 5.97. The average Bonchev–Trinajstić information content (AvgIpc) is 2.22. The molecule has 1 saturated heterocycles. The summed E-state index contributed by atoms with van der Waals surface area (Å²) in [6.07, 6.45) is 0. The number of nitrogen functional groups attached to an aromatic ring is 1. The predicted molar refractivity (Wildman–Crippen MR) is 80.3 cm³/mol. The highest BCUT2D eigenvalue weighted by Gasteiger charge is 2.23. The van der Waals surface area contributed by atoms with Gasteiger partial charge in [0.1, 0.15) is 0 Å². The number of thioether (sulfide) groups is 1. The number of anilines is 1. The first kappa shape index (κ1) is 13.2. The second kappa shape index (κ2) is 5.63. The van der Waals surface area contributed by atoms with Crippen LogP contribution in [0.1, 0.15) is 19.4 Å². The molecule has 0 saturated carbocycles. The molecule has 0 amide bonds. The number of hydrogen-bond donors (Lipinski definition) is 1. The van der Waals surface area contributed by atoms with Crippen molar-refractivity contribution < 1.29 is 0 Å². The highest BCUT2D eigenvalue weighted by Crippen LogP contribution is 2.29. The van der Waals surface area contributed by atoms with Gasteiger partial charge >= 0.3 is 0 Å². The molecule has 1 aromatic carbocycles. The number of halogens is 1. The molecule has 2 atom stereocenters. The van der Waals surface area contributed by atoms with Crippen molar-refractivity contribution in [1.82, 2.24) is 4.90 Å². The molecule has 1 aliphatic rings. The minimum Gasteiger partial charge on any atom is -0.398 e. The van der Waals surface area contributed by atoms with Crippen LogP contribution < -0.4 is 5.73 Å². The van der Waals surface area contributed by atoms with Crippen molar-refractivity contribution >= 4 is 33.4 Å². The Kier molecular flexibility index (Phi) is 4.39. The van der Waals surface area contributed by atoms with Gasteiger partial charge in [-0.1, -0.05) is 35.8 Å². The molecule has 94 valence electrons. The highest BCUT2D eigenvalue weighted by atomic mass is 79.9. The molecule has 2 nitrogen and oxygen atoms in total. The number of nitrogens with two attached hydrogens (primary N) is 1. The molecule has 0 aromatic heterocycles. The summed E-state index contributed by atoms with van der Waals surface area (Å²) in [7, 11) is 0. The molecule has 1 aromatic rings. The summed E-state index contributed by atoms with van der Waals surface area (Å²) < 4.78 is 1.12. The molecule has 2 N–H and O–H groups in total. The van der Waals surface area contributed by atoms with Crippen LogP contribution in [0.5, 0.6) is 0 Å². The lowest BCUT2D eigenvalue weighted by molar-refractivity contribution is 0.263. The molecular weight excluding hydrogens is 296 g/mol. The largest absolute Gasteiger partial charge is 0.398 e. The maximum absolute atomic E-state index is 6.05. The van der Waals surface area contributed by atoms with Crippen molar-refractivity contribution in [2.24, 2.45) is 0 Å². The Balaban J connectivity index is 2.10. The van der Waals surface area contributed by atoms with Crippen LogP contribution in [0, 0.1) is 0 Å². The Morgan fingerprint density at radius 2 is 2.00 bits per heavy atom. The minimum atomic E-state index is 0.711. The third kappa shape index (κ3) is 3.39. The fourth-order valence-corrected chi connectivity index (χ4v) is 4.27. The number of hydrogen-bond acceptors (Lipinski definition) is 3. The van der Waals surface area contributed by atoms with Crippen LogP contribution >= 0.6 is 27.7 Å². The lowest BCUT2D eigenvalue weighted by Gasteiger charge is -2.35. The van der Waals surface area contributed by atoms with Crippen LogP contribution in [0.3, 0.4) is 0 Å². The molecule has 2 unspecified atom stereocenters. The van der Waals surface area contributed by atoms with E-state index in [1.54, 1.807) is 0 Å². The van der Waals surface area contributed by atoms with Gasteiger partial charge in [0.15, 0.2) is 0 Å². The topological polar surface area (TPSA) is 29.3 Å². The molecule has 0 aliphatic carbocycles. The summed E-state index contributed by atoms with van der Waals surface area (Å²) in [5.41, 5.74) is 8.15. The molecule has 1 aliphatic heterocycles. The number of nitrogens with zero attached hydrogens (tertiary/aromatic N) is 1. The normalized spacial score (nSPS) is 26.1. The van der Waals surface area contributed by atoms with E-state index in [-0.39, 0.29) is 0 Å². The van der Waals surface area contributed by atoms with E-state index in [1.165, 1.54) is 5.56 Å². The van der Waals surface area contributed by atoms with Gasteiger partial charge in [0.2, 0.25) is 0 Å². The second-order valence-electron chi connectivity index (χ2n) is 4.76. The fourth-order valence-electron chi connectivity index (χ4n) is 2.38. The Labute approximate surface area is 116 Å². The summed E-state index contributed by atoms with van der Waals surface area (Å²) in [4.78, 5) is 2.50. The highest BCUT2D eigenvalue weighted by molar-refractivity contribution is 9.10. The van der Waals surface area contributed by atoms with E-state index in [4.69, 9.17) is 5.73 Å². The molecule has 0 radical (unpaired) electrons. The monoisotopic (exact) mass is 314 g/mol. The van der Waals surface area contributed by atoms with E-state index in [9.17, 15) is 0 Å². The summed E-state index contributed by atoms with van der Waals surface area (Å²) >= 11 is 5.67. The summed E-state index contributed by atoms with van der Waals surface area (Å²) in [6, 6.07) is 6.03. The van der Waals surface area contributed by atoms with Gasteiger partial charge in [0.25, 0.3) is 0 Å². The van der Waals surface area contributed by atoms with Crippen molar-refractivity contribution in [2.75, 3.05) is 18.8 Å². The van der Waals surface area contributed by atoms with E-state index in [0.29, 0.717) is 10.5 Å². The maximum atomic E-state index is 6.05. The SMILES string of the molecule is CC1CN(Cc2c(N)cccc2Br)CC(C)S1. The minimum absolute atomic E-state index is 0.711. The summed E-state index contributed by atoms with van der Waals surface area (Å²) in [5, 5.41) is 1.42. The van der Waals surface area contributed by atoms with Crippen molar-refractivity contribution in [3.8, 4) is 0 Å². The molecular formula is C13H19BrN2S. The second-order valence-corrected chi connectivity index (χ2v) is 7.49. The van der Waals surface area contributed by atoms with Crippen LogP contribution in [-0.4, -0.2) is 28.5 Å². The molecule has 1 heterocycles. The van der Waals surface area contributed by atoms with Gasteiger partial charge in [-0.2, -0.15) is 11.8 Å². The van der Waals surface area contributed by atoms with Crippen LogP contribution in [0.25, 0.3) is 0 Å². The van der Waals surface area contributed by atoms with Crippen molar-refractivity contribution in [3.63, 3.8) is 0 Å². The zero-order chi connectivity index (χ0) is 12.4. The first-order valence-corrected chi connectivity index (χ1v) is 7.70. The van der Waals surface area contributed by atoms with Gasteiger partial charge in [0, 0.05) is 45.9 Å². The number of rotatable bonds is 2. The molecule has 17 heavy (non-hydrogen) atoms. The van der Waals surface area contributed by atoms with E-state index < -0.39 is 0 Å². The van der Waals surface area contributed by atoms with E-state index in [1.807, 2.05) is 12.1 Å².